The highest BCUT2D eigenvalue weighted by Crippen LogP contribution is 2.30. The van der Waals surface area contributed by atoms with Crippen molar-refractivity contribution in [2.75, 3.05) is 31.1 Å². The fourth-order valence-electron chi connectivity index (χ4n) is 5.31. The molecule has 2 aromatic heterocycles. The summed E-state index contributed by atoms with van der Waals surface area (Å²) in [6.07, 6.45) is 4.33. The predicted octanol–water partition coefficient (Wildman–Crippen LogP) is 6.96. The van der Waals surface area contributed by atoms with Gasteiger partial charge in [0.2, 0.25) is 0 Å². The summed E-state index contributed by atoms with van der Waals surface area (Å²) in [7, 11) is 0. The fourth-order valence-corrected chi connectivity index (χ4v) is 5.44. The van der Waals surface area contributed by atoms with Gasteiger partial charge in [-0.3, -0.25) is 4.90 Å². The van der Waals surface area contributed by atoms with Crippen LogP contribution in [-0.2, 0) is 0 Å². The number of carboxylic acid groups (broad SMARTS) is 1. The van der Waals surface area contributed by atoms with Gasteiger partial charge in [0.25, 0.3) is 0 Å². The van der Waals surface area contributed by atoms with Gasteiger partial charge in [-0.1, -0.05) is 43.2 Å². The Labute approximate surface area is 240 Å². The van der Waals surface area contributed by atoms with Crippen molar-refractivity contribution in [2.24, 2.45) is 5.92 Å². The second-order valence-electron chi connectivity index (χ2n) is 10.8. The van der Waals surface area contributed by atoms with Gasteiger partial charge in [0, 0.05) is 41.9 Å². The topological polar surface area (TPSA) is 81.7 Å². The molecule has 1 aliphatic rings. The van der Waals surface area contributed by atoms with Gasteiger partial charge in [0.05, 0.1) is 18.3 Å². The molecule has 208 valence electrons. The van der Waals surface area contributed by atoms with Crippen LogP contribution in [0.15, 0.2) is 78.6 Å². The summed E-state index contributed by atoms with van der Waals surface area (Å²) < 4.78 is 6.57. The smallest absolute Gasteiger partial charge is 0.335 e. The molecule has 0 aliphatic carbocycles. The number of nitrogens with one attached hydrogen (secondary N) is 1. The summed E-state index contributed by atoms with van der Waals surface area (Å²) in [4.78, 5) is 23.7. The highest BCUT2D eigenvalue weighted by atomic mass is 35.5. The number of hydrogen-bond acceptors (Lipinski definition) is 5. The van der Waals surface area contributed by atoms with E-state index in [-0.39, 0.29) is 11.8 Å². The number of anilines is 1. The van der Waals surface area contributed by atoms with Crippen molar-refractivity contribution < 1.29 is 14.6 Å². The maximum absolute atomic E-state index is 11.4. The van der Waals surface area contributed by atoms with Crippen LogP contribution in [0.3, 0.4) is 0 Å². The molecule has 2 N–H and O–H groups in total. The molecule has 0 radical (unpaired) electrons. The van der Waals surface area contributed by atoms with Gasteiger partial charge in [0.15, 0.2) is 6.23 Å². The van der Waals surface area contributed by atoms with Crippen LogP contribution in [0.1, 0.15) is 43.1 Å². The van der Waals surface area contributed by atoms with Gasteiger partial charge >= 0.3 is 5.97 Å². The van der Waals surface area contributed by atoms with E-state index in [1.54, 1.807) is 18.3 Å². The number of nitrogens with zero attached hydrogens (tertiary/aromatic N) is 3. The number of carboxylic acids is 1. The van der Waals surface area contributed by atoms with Gasteiger partial charge < -0.3 is 19.7 Å². The second-order valence-corrected chi connectivity index (χ2v) is 11.2. The molecular formula is C32H35ClN4O3. The molecule has 0 saturated carbocycles. The Bertz CT molecular complexity index is 1490. The van der Waals surface area contributed by atoms with Crippen LogP contribution >= 0.6 is 11.6 Å². The Morgan fingerprint density at radius 1 is 1.10 bits per heavy atom. The predicted molar refractivity (Wildman–Crippen MR) is 161 cm³/mol. The highest BCUT2D eigenvalue weighted by Gasteiger charge is 2.30. The Balaban J connectivity index is 1.41. The second kappa shape index (κ2) is 12.1. The van der Waals surface area contributed by atoms with E-state index in [1.807, 2.05) is 42.6 Å². The number of allylic oxidation sites excluding steroid dienone is 1. The molecule has 1 saturated heterocycles. The third-order valence-corrected chi connectivity index (χ3v) is 7.55. The summed E-state index contributed by atoms with van der Waals surface area (Å²) in [5.41, 5.74) is 5.93. The first-order chi connectivity index (χ1) is 19.3. The van der Waals surface area contributed by atoms with Crippen LogP contribution in [-0.4, -0.2) is 58.4 Å². The average Bonchev–Trinajstić information content (AvgIpc) is 3.40. The standard InChI is InChI=1S/C32H35ClN4O3/c1-21(2)16-29(23-4-8-26(33)9-5-23)22(3)19-36-14-15-37(27-10-6-24(7-11-27)32(38)39)30(20-36)40-28-17-25-12-13-34-31(25)35-18-28/h4-13,17-18,21,30H,14-16,19-20H2,1-3H3,(H,34,35)(H,38,39)/b29-22-. The third kappa shape index (κ3) is 6.49. The number of halogens is 1. The number of ether oxygens (including phenoxy) is 1. The van der Waals surface area contributed by atoms with E-state index in [9.17, 15) is 9.90 Å². The maximum Gasteiger partial charge on any atom is 0.335 e. The normalized spacial score (nSPS) is 16.8. The van der Waals surface area contributed by atoms with Crippen LogP contribution in [0.2, 0.25) is 5.02 Å². The molecule has 40 heavy (non-hydrogen) atoms. The van der Waals surface area contributed by atoms with Crippen LogP contribution in [0.4, 0.5) is 5.69 Å². The minimum Gasteiger partial charge on any atom is -0.478 e. The molecule has 1 atom stereocenters. The number of piperazine rings is 1. The fraction of sp³-hybridized carbons (Fsp3) is 0.312. The number of aromatic nitrogens is 2. The van der Waals surface area contributed by atoms with Crippen LogP contribution < -0.4 is 9.64 Å². The number of aromatic carboxylic acids is 1. The van der Waals surface area contributed by atoms with E-state index < -0.39 is 5.97 Å². The first-order valence-corrected chi connectivity index (χ1v) is 14.0. The van der Waals surface area contributed by atoms with Crippen molar-refractivity contribution in [1.82, 2.24) is 14.9 Å². The Hall–Kier alpha value is -3.81. The van der Waals surface area contributed by atoms with E-state index in [0.717, 1.165) is 47.8 Å². The van der Waals surface area contributed by atoms with Gasteiger partial charge in [-0.25, -0.2) is 9.78 Å². The summed E-state index contributed by atoms with van der Waals surface area (Å²) in [5, 5.41) is 11.1. The lowest BCUT2D eigenvalue weighted by atomic mass is 9.92. The van der Waals surface area contributed by atoms with Gasteiger partial charge in [-0.2, -0.15) is 0 Å². The molecule has 8 heteroatoms. The molecular weight excluding hydrogens is 524 g/mol. The minimum absolute atomic E-state index is 0.266. The molecule has 4 aromatic rings. The van der Waals surface area contributed by atoms with E-state index in [2.05, 4.69) is 52.7 Å². The monoisotopic (exact) mass is 558 g/mol. The summed E-state index contributed by atoms with van der Waals surface area (Å²) in [6.45, 7) is 9.81. The number of aromatic amines is 1. The van der Waals surface area contributed by atoms with Gasteiger partial charge in [0.1, 0.15) is 11.4 Å². The molecule has 0 amide bonds. The number of rotatable bonds is 9. The quantitative estimate of drug-likeness (QED) is 0.231. The lowest BCUT2D eigenvalue weighted by molar-refractivity contribution is 0.0697. The largest absolute Gasteiger partial charge is 0.478 e. The Morgan fingerprint density at radius 2 is 1.82 bits per heavy atom. The third-order valence-electron chi connectivity index (χ3n) is 7.29. The summed E-state index contributed by atoms with van der Waals surface area (Å²) in [6, 6.07) is 19.1. The van der Waals surface area contributed by atoms with Crippen molar-refractivity contribution in [3.05, 3.63) is 94.8 Å². The van der Waals surface area contributed by atoms with E-state index in [0.29, 0.717) is 18.2 Å². The zero-order valence-corrected chi connectivity index (χ0v) is 23.9. The lowest BCUT2D eigenvalue weighted by Gasteiger charge is -2.42. The molecule has 0 bridgehead atoms. The van der Waals surface area contributed by atoms with Crippen molar-refractivity contribution >= 4 is 39.9 Å². The Kier molecular flexibility index (Phi) is 8.43. The van der Waals surface area contributed by atoms with E-state index >= 15 is 0 Å². The first kappa shape index (κ1) is 27.7. The number of benzene rings is 2. The number of pyridine rings is 1. The average molecular weight is 559 g/mol. The summed E-state index contributed by atoms with van der Waals surface area (Å²) in [5.74, 6) is 0.286. The van der Waals surface area contributed by atoms with E-state index in [4.69, 9.17) is 16.3 Å². The van der Waals surface area contributed by atoms with Crippen molar-refractivity contribution in [3.63, 3.8) is 0 Å². The van der Waals surface area contributed by atoms with Crippen molar-refractivity contribution in [3.8, 4) is 5.75 Å². The molecule has 1 unspecified atom stereocenters. The zero-order chi connectivity index (χ0) is 28.2. The van der Waals surface area contributed by atoms with Crippen molar-refractivity contribution in [2.45, 2.75) is 33.4 Å². The molecule has 5 rings (SSSR count). The van der Waals surface area contributed by atoms with Crippen LogP contribution in [0.5, 0.6) is 5.75 Å². The van der Waals surface area contributed by atoms with Gasteiger partial charge in [-0.15, -0.1) is 0 Å². The number of hydrogen-bond donors (Lipinski definition) is 2. The number of H-pyrrole nitrogens is 1. The first-order valence-electron chi connectivity index (χ1n) is 13.6. The number of carbonyl (C=O) groups is 1. The van der Waals surface area contributed by atoms with Crippen LogP contribution in [0, 0.1) is 5.92 Å². The molecule has 1 fully saturated rings. The van der Waals surface area contributed by atoms with Crippen molar-refractivity contribution in [1.29, 1.82) is 0 Å². The zero-order valence-electron chi connectivity index (χ0n) is 23.1. The molecule has 0 spiro atoms. The maximum atomic E-state index is 11.4. The molecule has 3 heterocycles. The van der Waals surface area contributed by atoms with Gasteiger partial charge in [-0.05, 0) is 78.9 Å². The minimum atomic E-state index is -0.935. The summed E-state index contributed by atoms with van der Waals surface area (Å²) >= 11 is 6.18. The number of fused-ring (bicyclic) bond motifs is 1. The lowest BCUT2D eigenvalue weighted by Crippen LogP contribution is -2.56. The highest BCUT2D eigenvalue weighted by molar-refractivity contribution is 6.30. The SMILES string of the molecule is C/C(CN1CCN(c2ccc(C(=O)O)cc2)C(Oc2cnc3[nH]ccc3c2)C1)=C(\CC(C)C)c1ccc(Cl)cc1. The van der Waals surface area contributed by atoms with E-state index in [1.165, 1.54) is 16.7 Å². The van der Waals surface area contributed by atoms with Crippen LogP contribution in [0.25, 0.3) is 16.6 Å². The molecule has 1 aliphatic heterocycles. The Morgan fingerprint density at radius 3 is 2.52 bits per heavy atom. The molecule has 7 nitrogen and oxygen atoms in total. The molecule has 2 aromatic carbocycles.